The molecule has 1 saturated heterocycles. The van der Waals surface area contributed by atoms with Crippen molar-refractivity contribution in [3.63, 3.8) is 0 Å². The zero-order valence-corrected chi connectivity index (χ0v) is 15.1. The van der Waals surface area contributed by atoms with E-state index < -0.39 is 5.82 Å². The van der Waals surface area contributed by atoms with E-state index in [0.29, 0.717) is 43.4 Å². The molecule has 3 aromatic rings. The lowest BCUT2D eigenvalue weighted by atomic mass is 10.1. The minimum Gasteiger partial charge on any atom is -0.352 e. The highest BCUT2D eigenvalue weighted by atomic mass is 19.1. The van der Waals surface area contributed by atoms with Crippen molar-refractivity contribution in [3.05, 3.63) is 72.2 Å². The van der Waals surface area contributed by atoms with Gasteiger partial charge in [0.2, 0.25) is 0 Å². The van der Waals surface area contributed by atoms with E-state index in [1.165, 1.54) is 12.1 Å². The standard InChI is InChI=1S/C20H19FN6O/c21-16-5-3-4-15(14-16)20(28)27-12-10-26(11-13-27)19-8-7-18(24-25-19)23-17-6-1-2-9-22-17/h1-9,14H,10-13H2,(H,22,23,24). The lowest BCUT2D eigenvalue weighted by molar-refractivity contribution is 0.0746. The van der Waals surface area contributed by atoms with Crippen LogP contribution in [0, 0.1) is 5.82 Å². The molecule has 4 rings (SSSR count). The fraction of sp³-hybridized carbons (Fsp3) is 0.200. The molecule has 0 saturated carbocycles. The summed E-state index contributed by atoms with van der Waals surface area (Å²) in [5, 5.41) is 11.6. The Morgan fingerprint density at radius 3 is 2.46 bits per heavy atom. The Morgan fingerprint density at radius 1 is 0.929 bits per heavy atom. The quantitative estimate of drug-likeness (QED) is 0.753. The number of carbonyl (C=O) groups is 1. The van der Waals surface area contributed by atoms with Gasteiger partial charge in [-0.2, -0.15) is 0 Å². The van der Waals surface area contributed by atoms with Crippen molar-refractivity contribution in [2.75, 3.05) is 36.4 Å². The van der Waals surface area contributed by atoms with Crippen molar-refractivity contribution in [3.8, 4) is 0 Å². The number of hydrogen-bond acceptors (Lipinski definition) is 6. The van der Waals surface area contributed by atoms with Crippen LogP contribution in [0.5, 0.6) is 0 Å². The van der Waals surface area contributed by atoms with E-state index in [1.807, 2.05) is 30.3 Å². The first-order chi connectivity index (χ1) is 13.7. The van der Waals surface area contributed by atoms with E-state index in [0.717, 1.165) is 5.82 Å². The first-order valence-electron chi connectivity index (χ1n) is 9.00. The van der Waals surface area contributed by atoms with Gasteiger partial charge >= 0.3 is 0 Å². The van der Waals surface area contributed by atoms with Crippen LogP contribution >= 0.6 is 0 Å². The van der Waals surface area contributed by atoms with Crippen molar-refractivity contribution < 1.29 is 9.18 Å². The molecule has 8 heteroatoms. The number of carbonyl (C=O) groups excluding carboxylic acids is 1. The van der Waals surface area contributed by atoms with Gasteiger partial charge in [-0.1, -0.05) is 12.1 Å². The number of nitrogens with one attached hydrogen (secondary N) is 1. The van der Waals surface area contributed by atoms with E-state index in [4.69, 9.17) is 0 Å². The van der Waals surface area contributed by atoms with Crippen molar-refractivity contribution in [1.82, 2.24) is 20.1 Å². The van der Waals surface area contributed by atoms with Crippen molar-refractivity contribution >= 4 is 23.4 Å². The second-order valence-electron chi connectivity index (χ2n) is 6.41. The SMILES string of the molecule is O=C(c1cccc(F)c1)N1CCN(c2ccc(Nc3ccccn3)nn2)CC1. The number of aromatic nitrogens is 3. The maximum absolute atomic E-state index is 13.3. The van der Waals surface area contributed by atoms with E-state index in [-0.39, 0.29) is 5.91 Å². The number of halogens is 1. The minimum atomic E-state index is -0.404. The topological polar surface area (TPSA) is 74.2 Å². The molecular weight excluding hydrogens is 359 g/mol. The summed E-state index contributed by atoms with van der Waals surface area (Å²) in [6.45, 7) is 2.38. The highest BCUT2D eigenvalue weighted by molar-refractivity contribution is 5.94. The predicted molar refractivity (Wildman–Crippen MR) is 104 cm³/mol. The molecule has 1 N–H and O–H groups in total. The summed E-state index contributed by atoms with van der Waals surface area (Å²) in [5.74, 6) is 1.51. The van der Waals surface area contributed by atoms with Gasteiger partial charge in [-0.25, -0.2) is 9.37 Å². The number of benzene rings is 1. The fourth-order valence-corrected chi connectivity index (χ4v) is 3.07. The molecule has 0 unspecified atom stereocenters. The molecule has 0 bridgehead atoms. The molecule has 7 nitrogen and oxygen atoms in total. The molecule has 142 valence electrons. The van der Waals surface area contributed by atoms with Gasteiger partial charge in [0.1, 0.15) is 11.6 Å². The van der Waals surface area contributed by atoms with Crippen LogP contribution in [0.2, 0.25) is 0 Å². The van der Waals surface area contributed by atoms with Gasteiger partial charge in [0.05, 0.1) is 0 Å². The Hall–Kier alpha value is -3.55. The Morgan fingerprint density at radius 2 is 1.79 bits per heavy atom. The second kappa shape index (κ2) is 7.99. The predicted octanol–water partition coefficient (Wildman–Crippen LogP) is 2.72. The zero-order valence-electron chi connectivity index (χ0n) is 15.1. The summed E-state index contributed by atoms with van der Waals surface area (Å²) in [7, 11) is 0. The minimum absolute atomic E-state index is 0.153. The summed E-state index contributed by atoms with van der Waals surface area (Å²) in [6.07, 6.45) is 1.70. The number of pyridine rings is 1. The highest BCUT2D eigenvalue weighted by Crippen LogP contribution is 2.17. The monoisotopic (exact) mass is 378 g/mol. The molecule has 0 spiro atoms. The molecule has 1 aromatic carbocycles. The van der Waals surface area contributed by atoms with Crippen LogP contribution < -0.4 is 10.2 Å². The highest BCUT2D eigenvalue weighted by Gasteiger charge is 2.23. The van der Waals surface area contributed by atoms with Crippen molar-refractivity contribution in [2.45, 2.75) is 0 Å². The van der Waals surface area contributed by atoms with Crippen LogP contribution in [0.25, 0.3) is 0 Å². The molecular formula is C20H19FN6O. The first-order valence-corrected chi connectivity index (χ1v) is 9.00. The fourth-order valence-electron chi connectivity index (χ4n) is 3.07. The molecule has 1 aliphatic heterocycles. The summed E-state index contributed by atoms with van der Waals surface area (Å²) in [5.41, 5.74) is 0.373. The smallest absolute Gasteiger partial charge is 0.254 e. The largest absolute Gasteiger partial charge is 0.352 e. The van der Waals surface area contributed by atoms with Crippen LogP contribution in [-0.2, 0) is 0 Å². The molecule has 0 radical (unpaired) electrons. The molecule has 1 amide bonds. The molecule has 2 aromatic heterocycles. The van der Waals surface area contributed by atoms with Crippen molar-refractivity contribution in [2.24, 2.45) is 0 Å². The summed E-state index contributed by atoms with van der Waals surface area (Å²) in [6, 6.07) is 15.1. The van der Waals surface area contributed by atoms with E-state index in [9.17, 15) is 9.18 Å². The van der Waals surface area contributed by atoms with Crippen LogP contribution in [0.1, 0.15) is 10.4 Å². The Kier molecular flexibility index (Phi) is 5.09. The van der Waals surface area contributed by atoms with Crippen LogP contribution in [0.3, 0.4) is 0 Å². The number of amides is 1. The molecule has 28 heavy (non-hydrogen) atoms. The third-order valence-corrected chi connectivity index (χ3v) is 4.53. The summed E-state index contributed by atoms with van der Waals surface area (Å²) < 4.78 is 13.3. The molecule has 3 heterocycles. The van der Waals surface area contributed by atoms with Gasteiger partial charge in [0, 0.05) is 37.9 Å². The summed E-state index contributed by atoms with van der Waals surface area (Å²) >= 11 is 0. The summed E-state index contributed by atoms with van der Waals surface area (Å²) in [4.78, 5) is 20.5. The molecule has 0 atom stereocenters. The number of nitrogens with zero attached hydrogens (tertiary/aromatic N) is 5. The van der Waals surface area contributed by atoms with Gasteiger partial charge < -0.3 is 15.1 Å². The lowest BCUT2D eigenvalue weighted by Gasteiger charge is -2.35. The Bertz CT molecular complexity index is 942. The normalized spacial score (nSPS) is 14.0. The molecule has 1 fully saturated rings. The van der Waals surface area contributed by atoms with Gasteiger partial charge in [0.15, 0.2) is 11.6 Å². The number of piperazine rings is 1. The van der Waals surface area contributed by atoms with Crippen LogP contribution in [0.15, 0.2) is 60.8 Å². The average molecular weight is 378 g/mol. The maximum atomic E-state index is 13.3. The van der Waals surface area contributed by atoms with E-state index in [2.05, 4.69) is 25.4 Å². The number of rotatable bonds is 4. The second-order valence-corrected chi connectivity index (χ2v) is 6.41. The number of anilines is 3. The molecule has 0 aliphatic carbocycles. The van der Waals surface area contributed by atoms with E-state index >= 15 is 0 Å². The number of hydrogen-bond donors (Lipinski definition) is 1. The van der Waals surface area contributed by atoms with Gasteiger partial charge in [-0.05, 0) is 42.5 Å². The van der Waals surface area contributed by atoms with Crippen LogP contribution in [-0.4, -0.2) is 52.2 Å². The third-order valence-electron chi connectivity index (χ3n) is 4.53. The lowest BCUT2D eigenvalue weighted by Crippen LogP contribution is -2.49. The van der Waals surface area contributed by atoms with Gasteiger partial charge in [-0.3, -0.25) is 4.79 Å². The zero-order chi connectivity index (χ0) is 19.3. The van der Waals surface area contributed by atoms with Crippen LogP contribution in [0.4, 0.5) is 21.8 Å². The van der Waals surface area contributed by atoms with Crippen molar-refractivity contribution in [1.29, 1.82) is 0 Å². The third kappa shape index (κ3) is 4.06. The Labute approximate surface area is 161 Å². The first kappa shape index (κ1) is 17.8. The van der Waals surface area contributed by atoms with Gasteiger partial charge in [0.25, 0.3) is 5.91 Å². The Balaban J connectivity index is 1.35. The van der Waals surface area contributed by atoms with E-state index in [1.54, 1.807) is 23.2 Å². The molecule has 1 aliphatic rings. The average Bonchev–Trinajstić information content (AvgIpc) is 2.75. The maximum Gasteiger partial charge on any atom is 0.254 e. The van der Waals surface area contributed by atoms with Gasteiger partial charge in [-0.15, -0.1) is 10.2 Å².